The normalized spacial score (nSPS) is 19.7. The van der Waals surface area contributed by atoms with Crippen LogP contribution in [0.25, 0.3) is 0 Å². The molecule has 3 rings (SSSR count). The highest BCUT2D eigenvalue weighted by molar-refractivity contribution is 5.33. The molecule has 0 amide bonds. The fourth-order valence-electron chi connectivity index (χ4n) is 3.19. The molecule has 0 saturated carbocycles. The molecule has 2 atom stereocenters. The van der Waals surface area contributed by atoms with Gasteiger partial charge in [0.25, 0.3) is 0 Å². The molecule has 1 heteroatoms. The van der Waals surface area contributed by atoms with Crippen molar-refractivity contribution in [3.05, 3.63) is 71.3 Å². The van der Waals surface area contributed by atoms with Crippen LogP contribution in [0.3, 0.4) is 0 Å². The molecule has 19 heavy (non-hydrogen) atoms. The van der Waals surface area contributed by atoms with Crippen molar-refractivity contribution in [2.75, 3.05) is 0 Å². The van der Waals surface area contributed by atoms with Crippen LogP contribution in [0.15, 0.2) is 54.6 Å². The van der Waals surface area contributed by atoms with Crippen LogP contribution < -0.4 is 0 Å². The lowest BCUT2D eigenvalue weighted by Gasteiger charge is -2.29. The number of aliphatic hydroxyl groups is 1. The van der Waals surface area contributed by atoms with Crippen molar-refractivity contribution in [3.63, 3.8) is 0 Å². The van der Waals surface area contributed by atoms with Crippen LogP contribution in [-0.4, -0.2) is 11.2 Å². The Kier molecular flexibility index (Phi) is 3.65. The summed E-state index contributed by atoms with van der Waals surface area (Å²) in [4.78, 5) is 0. The van der Waals surface area contributed by atoms with Gasteiger partial charge in [-0.15, -0.1) is 0 Å². The van der Waals surface area contributed by atoms with E-state index in [1.807, 2.05) is 18.2 Å². The number of hydrogen-bond acceptors (Lipinski definition) is 1. The van der Waals surface area contributed by atoms with Crippen molar-refractivity contribution in [2.45, 2.75) is 37.7 Å². The van der Waals surface area contributed by atoms with Crippen LogP contribution in [0.2, 0.25) is 0 Å². The molecule has 1 aliphatic rings. The fourth-order valence-corrected chi connectivity index (χ4v) is 3.19. The van der Waals surface area contributed by atoms with Gasteiger partial charge in [0.15, 0.2) is 0 Å². The third-order valence-electron chi connectivity index (χ3n) is 4.17. The summed E-state index contributed by atoms with van der Waals surface area (Å²) in [6.45, 7) is 0. The van der Waals surface area contributed by atoms with E-state index >= 15 is 0 Å². The Morgan fingerprint density at radius 2 is 1.74 bits per heavy atom. The van der Waals surface area contributed by atoms with Crippen LogP contribution in [-0.2, 0) is 12.8 Å². The Hall–Kier alpha value is -1.60. The predicted molar refractivity (Wildman–Crippen MR) is 78.3 cm³/mol. The molecule has 1 aliphatic carbocycles. The summed E-state index contributed by atoms with van der Waals surface area (Å²) in [6.07, 6.45) is 3.92. The molecule has 0 aromatic heterocycles. The van der Waals surface area contributed by atoms with Crippen LogP contribution in [0, 0.1) is 0 Å². The third-order valence-corrected chi connectivity index (χ3v) is 4.17. The van der Waals surface area contributed by atoms with Crippen molar-refractivity contribution in [2.24, 2.45) is 0 Å². The molecular weight excluding hydrogens is 232 g/mol. The van der Waals surface area contributed by atoms with E-state index in [4.69, 9.17) is 0 Å². The first-order valence-electron chi connectivity index (χ1n) is 7.14. The van der Waals surface area contributed by atoms with Gasteiger partial charge in [0.05, 0.1) is 6.10 Å². The van der Waals surface area contributed by atoms with Crippen LogP contribution >= 0.6 is 0 Å². The van der Waals surface area contributed by atoms with Gasteiger partial charge >= 0.3 is 0 Å². The molecular formula is C18H20O. The molecule has 0 radical (unpaired) electrons. The number of rotatable bonds is 3. The lowest BCUT2D eigenvalue weighted by Crippen LogP contribution is -2.24. The summed E-state index contributed by atoms with van der Waals surface area (Å²) in [5, 5.41) is 10.6. The molecule has 0 saturated heterocycles. The molecule has 2 unspecified atom stereocenters. The number of aryl methyl sites for hydroxylation is 1. The number of fused-ring (bicyclic) bond motifs is 1. The monoisotopic (exact) mass is 252 g/mol. The first-order valence-corrected chi connectivity index (χ1v) is 7.14. The van der Waals surface area contributed by atoms with Gasteiger partial charge < -0.3 is 5.11 Å². The maximum atomic E-state index is 10.6. The minimum absolute atomic E-state index is 0.274. The zero-order valence-corrected chi connectivity index (χ0v) is 11.1. The van der Waals surface area contributed by atoms with Crippen LogP contribution in [0.4, 0.5) is 0 Å². The van der Waals surface area contributed by atoms with E-state index in [-0.39, 0.29) is 6.10 Å². The van der Waals surface area contributed by atoms with Gasteiger partial charge in [-0.25, -0.2) is 0 Å². The van der Waals surface area contributed by atoms with E-state index < -0.39 is 0 Å². The summed E-state index contributed by atoms with van der Waals surface area (Å²) in [6, 6.07) is 18.9. The second kappa shape index (κ2) is 5.58. The second-order valence-electron chi connectivity index (χ2n) is 5.45. The summed E-state index contributed by atoms with van der Waals surface area (Å²) in [5.41, 5.74) is 4.00. The Labute approximate surface area is 114 Å². The van der Waals surface area contributed by atoms with Gasteiger partial charge in [0, 0.05) is 5.92 Å². The summed E-state index contributed by atoms with van der Waals surface area (Å²) < 4.78 is 0. The van der Waals surface area contributed by atoms with E-state index in [1.165, 1.54) is 23.1 Å². The Bertz CT molecular complexity index is 532. The highest BCUT2D eigenvalue weighted by atomic mass is 16.3. The zero-order chi connectivity index (χ0) is 13.1. The van der Waals surface area contributed by atoms with Crippen LogP contribution in [0.5, 0.6) is 0 Å². The van der Waals surface area contributed by atoms with Crippen molar-refractivity contribution in [1.29, 1.82) is 0 Å². The number of aliphatic hydroxyl groups excluding tert-OH is 1. The lowest BCUT2D eigenvalue weighted by atomic mass is 9.78. The highest BCUT2D eigenvalue weighted by Crippen LogP contribution is 2.34. The van der Waals surface area contributed by atoms with Gasteiger partial charge in [-0.05, 0) is 42.4 Å². The molecule has 2 aromatic carbocycles. The predicted octanol–water partition coefficient (Wildman–Crippen LogP) is 3.71. The second-order valence-corrected chi connectivity index (χ2v) is 5.45. The standard InChI is InChI=1S/C18H20O/c19-18(13-14-7-2-1-3-8-14)17-12-6-10-15-9-4-5-11-16(15)17/h1-5,7-9,11,17-19H,6,10,12-13H2. The van der Waals surface area contributed by atoms with Gasteiger partial charge in [-0.2, -0.15) is 0 Å². The average Bonchev–Trinajstić information content (AvgIpc) is 2.47. The van der Waals surface area contributed by atoms with E-state index in [0.29, 0.717) is 5.92 Å². The number of benzene rings is 2. The Morgan fingerprint density at radius 1 is 1.00 bits per heavy atom. The largest absolute Gasteiger partial charge is 0.392 e. The van der Waals surface area contributed by atoms with Gasteiger partial charge in [0.2, 0.25) is 0 Å². The lowest BCUT2D eigenvalue weighted by molar-refractivity contribution is 0.134. The third kappa shape index (κ3) is 2.71. The minimum atomic E-state index is -0.274. The van der Waals surface area contributed by atoms with E-state index in [1.54, 1.807) is 0 Å². The summed E-state index contributed by atoms with van der Waals surface area (Å²) in [7, 11) is 0. The molecule has 0 fully saturated rings. The van der Waals surface area contributed by atoms with Crippen molar-refractivity contribution in [3.8, 4) is 0 Å². The van der Waals surface area contributed by atoms with E-state index in [9.17, 15) is 5.11 Å². The molecule has 0 spiro atoms. The topological polar surface area (TPSA) is 20.2 Å². The van der Waals surface area contributed by atoms with E-state index in [2.05, 4.69) is 36.4 Å². The average molecular weight is 252 g/mol. The van der Waals surface area contributed by atoms with Crippen LogP contribution in [0.1, 0.15) is 35.4 Å². The Morgan fingerprint density at radius 3 is 2.58 bits per heavy atom. The molecule has 98 valence electrons. The van der Waals surface area contributed by atoms with E-state index in [0.717, 1.165) is 19.3 Å². The molecule has 1 nitrogen and oxygen atoms in total. The quantitative estimate of drug-likeness (QED) is 0.883. The molecule has 1 N–H and O–H groups in total. The number of hydrogen-bond donors (Lipinski definition) is 1. The molecule has 2 aromatic rings. The first-order chi connectivity index (χ1) is 9.34. The summed E-state index contributed by atoms with van der Waals surface area (Å²) >= 11 is 0. The van der Waals surface area contributed by atoms with Crippen molar-refractivity contribution in [1.82, 2.24) is 0 Å². The first kappa shape index (κ1) is 12.4. The van der Waals surface area contributed by atoms with Crippen molar-refractivity contribution < 1.29 is 5.11 Å². The maximum Gasteiger partial charge on any atom is 0.0649 e. The SMILES string of the molecule is OC(Cc1ccccc1)C1CCCc2ccccc21. The molecule has 0 aliphatic heterocycles. The van der Waals surface area contributed by atoms with Gasteiger partial charge in [-0.3, -0.25) is 0 Å². The van der Waals surface area contributed by atoms with Crippen molar-refractivity contribution >= 4 is 0 Å². The molecule has 0 heterocycles. The zero-order valence-electron chi connectivity index (χ0n) is 11.1. The highest BCUT2D eigenvalue weighted by Gasteiger charge is 2.26. The fraction of sp³-hybridized carbons (Fsp3) is 0.333. The summed E-state index contributed by atoms with van der Waals surface area (Å²) in [5.74, 6) is 0.296. The maximum absolute atomic E-state index is 10.6. The van der Waals surface area contributed by atoms with Gasteiger partial charge in [-0.1, -0.05) is 54.6 Å². The van der Waals surface area contributed by atoms with Gasteiger partial charge in [0.1, 0.15) is 0 Å². The smallest absolute Gasteiger partial charge is 0.0649 e. The Balaban J connectivity index is 1.80. The molecule has 0 bridgehead atoms. The minimum Gasteiger partial charge on any atom is -0.392 e.